The quantitative estimate of drug-likeness (QED) is 0.0774. The van der Waals surface area contributed by atoms with E-state index >= 15 is 0 Å². The third kappa shape index (κ3) is 4.86. The van der Waals surface area contributed by atoms with Gasteiger partial charge in [0.1, 0.15) is 12.3 Å². The second kappa shape index (κ2) is 11.3. The Labute approximate surface area is 251 Å². The Morgan fingerprint density at radius 1 is 0.659 bits per heavy atom. The molecule has 212 valence electrons. The Hall–Kier alpha value is -6.08. The Bertz CT molecular complexity index is 2270. The van der Waals surface area contributed by atoms with Gasteiger partial charge in [0.15, 0.2) is 5.43 Å². The maximum Gasteiger partial charge on any atom is 0.344 e. The van der Waals surface area contributed by atoms with Gasteiger partial charge in [0.2, 0.25) is 0 Å². The summed E-state index contributed by atoms with van der Waals surface area (Å²) in [6, 6.07) is 38.9. The van der Waals surface area contributed by atoms with Gasteiger partial charge in [0, 0.05) is 16.3 Å². The minimum atomic E-state index is -0.493. The van der Waals surface area contributed by atoms with Crippen molar-refractivity contribution >= 4 is 61.4 Å². The van der Waals surface area contributed by atoms with Gasteiger partial charge in [0.25, 0.3) is 5.91 Å². The van der Waals surface area contributed by atoms with Gasteiger partial charge >= 0.3 is 5.97 Å². The van der Waals surface area contributed by atoms with E-state index in [1.807, 2.05) is 108 Å². The lowest BCUT2D eigenvalue weighted by molar-refractivity contribution is -0.121. The summed E-state index contributed by atoms with van der Waals surface area (Å²) in [4.78, 5) is 39.6. The first-order valence-corrected chi connectivity index (χ1v) is 14.1. The van der Waals surface area contributed by atoms with Crippen LogP contribution in [0.1, 0.15) is 15.9 Å². The fraction of sp³-hybridized carbons (Fsp3) is 0.0270. The molecule has 0 saturated carbocycles. The first-order valence-electron chi connectivity index (χ1n) is 14.1. The zero-order valence-corrected chi connectivity index (χ0v) is 23.4. The molecule has 7 nitrogen and oxygen atoms in total. The van der Waals surface area contributed by atoms with Crippen molar-refractivity contribution in [1.29, 1.82) is 0 Å². The van der Waals surface area contributed by atoms with E-state index in [9.17, 15) is 14.4 Å². The molecule has 0 radical (unpaired) electrons. The zero-order chi connectivity index (χ0) is 30.0. The van der Waals surface area contributed by atoms with Gasteiger partial charge in [-0.15, -0.1) is 0 Å². The van der Waals surface area contributed by atoms with Gasteiger partial charge in [-0.2, -0.15) is 5.10 Å². The molecule has 6 aromatic carbocycles. The maximum atomic E-state index is 13.4. The number of pyridine rings is 1. The highest BCUT2D eigenvalue weighted by molar-refractivity contribution is 6.07. The topological polar surface area (TPSA) is 89.8 Å². The summed E-state index contributed by atoms with van der Waals surface area (Å²) in [6.45, 7) is -0.0584. The molecule has 0 saturated heterocycles. The number of nitrogens with zero attached hydrogens (tertiary/aromatic N) is 2. The van der Waals surface area contributed by atoms with Crippen molar-refractivity contribution in [3.05, 3.63) is 149 Å². The number of rotatable bonds is 6. The minimum absolute atomic E-state index is 0.0584. The molecule has 44 heavy (non-hydrogen) atoms. The van der Waals surface area contributed by atoms with Crippen LogP contribution in [0, 0.1) is 0 Å². The number of aromatic nitrogens is 1. The Morgan fingerprint density at radius 3 is 1.93 bits per heavy atom. The van der Waals surface area contributed by atoms with E-state index in [1.165, 1.54) is 6.21 Å². The van der Waals surface area contributed by atoms with Crippen LogP contribution in [0.5, 0.6) is 5.75 Å². The predicted octanol–water partition coefficient (Wildman–Crippen LogP) is 6.83. The largest absolute Gasteiger partial charge is 0.422 e. The second-order valence-electron chi connectivity index (χ2n) is 10.4. The summed E-state index contributed by atoms with van der Waals surface area (Å²) < 4.78 is 7.74. The number of hydrogen-bond acceptors (Lipinski definition) is 5. The molecule has 1 aromatic heterocycles. The van der Waals surface area contributed by atoms with Crippen LogP contribution in [0.3, 0.4) is 0 Å². The third-order valence-corrected chi connectivity index (χ3v) is 7.71. The molecule has 0 fully saturated rings. The van der Waals surface area contributed by atoms with Crippen molar-refractivity contribution in [2.24, 2.45) is 5.10 Å². The molecule has 0 aliphatic heterocycles. The molecule has 0 aliphatic rings. The lowest BCUT2D eigenvalue weighted by Crippen LogP contribution is -2.25. The van der Waals surface area contributed by atoms with Crippen LogP contribution in [0.4, 0.5) is 0 Å². The van der Waals surface area contributed by atoms with Crippen molar-refractivity contribution in [3.63, 3.8) is 0 Å². The van der Waals surface area contributed by atoms with Gasteiger partial charge in [-0.25, -0.2) is 10.2 Å². The molecular weight excluding hydrogens is 550 g/mol. The van der Waals surface area contributed by atoms with Crippen molar-refractivity contribution in [2.45, 2.75) is 6.54 Å². The van der Waals surface area contributed by atoms with Crippen molar-refractivity contribution in [3.8, 4) is 5.75 Å². The molecule has 0 bridgehead atoms. The van der Waals surface area contributed by atoms with E-state index in [2.05, 4.69) is 10.5 Å². The van der Waals surface area contributed by atoms with Gasteiger partial charge in [0.05, 0.1) is 22.8 Å². The minimum Gasteiger partial charge on any atom is -0.422 e. The average molecular weight is 576 g/mol. The highest BCUT2D eigenvalue weighted by atomic mass is 16.5. The summed E-state index contributed by atoms with van der Waals surface area (Å²) in [5.74, 6) is -0.556. The van der Waals surface area contributed by atoms with E-state index in [1.54, 1.807) is 24.3 Å². The average Bonchev–Trinajstić information content (AvgIpc) is 3.07. The highest BCUT2D eigenvalue weighted by Gasteiger charge is 2.16. The van der Waals surface area contributed by atoms with Gasteiger partial charge in [-0.05, 0) is 57.9 Å². The van der Waals surface area contributed by atoms with Gasteiger partial charge in [-0.3, -0.25) is 9.59 Å². The summed E-state index contributed by atoms with van der Waals surface area (Å²) in [6.07, 6.45) is 1.49. The van der Waals surface area contributed by atoms with E-state index in [4.69, 9.17) is 4.74 Å². The number of ether oxygens (including phenoxy) is 1. The first-order chi connectivity index (χ1) is 21.6. The summed E-state index contributed by atoms with van der Waals surface area (Å²) in [7, 11) is 0. The highest BCUT2D eigenvalue weighted by Crippen LogP contribution is 2.28. The third-order valence-electron chi connectivity index (χ3n) is 7.71. The normalized spacial score (nSPS) is 11.5. The van der Waals surface area contributed by atoms with Crippen LogP contribution < -0.4 is 15.6 Å². The SMILES string of the molecule is O=C(Cn1c2ccccc2c(=O)c2ccccc21)N/N=C\c1c(OC(=O)c2cccc3ccccc23)ccc2ccccc12. The number of hydrogen-bond donors (Lipinski definition) is 1. The summed E-state index contributed by atoms with van der Waals surface area (Å²) in [5, 5.41) is 8.81. The molecule has 0 atom stereocenters. The van der Waals surface area contributed by atoms with Crippen LogP contribution >= 0.6 is 0 Å². The molecule has 7 heteroatoms. The van der Waals surface area contributed by atoms with Crippen LogP contribution in [0.15, 0.2) is 137 Å². The van der Waals surface area contributed by atoms with E-state index in [0.29, 0.717) is 38.7 Å². The van der Waals surface area contributed by atoms with Crippen molar-refractivity contribution in [2.75, 3.05) is 0 Å². The second-order valence-corrected chi connectivity index (χ2v) is 10.4. The Balaban J connectivity index is 1.20. The number of fused-ring (bicyclic) bond motifs is 4. The van der Waals surface area contributed by atoms with Crippen LogP contribution in [-0.2, 0) is 11.3 Å². The molecule has 1 amide bonds. The fourth-order valence-corrected chi connectivity index (χ4v) is 5.65. The van der Waals surface area contributed by atoms with Gasteiger partial charge in [-0.1, -0.05) is 91.0 Å². The van der Waals surface area contributed by atoms with E-state index < -0.39 is 5.97 Å². The zero-order valence-electron chi connectivity index (χ0n) is 23.4. The lowest BCUT2D eigenvalue weighted by atomic mass is 10.0. The fourth-order valence-electron chi connectivity index (χ4n) is 5.65. The van der Waals surface area contributed by atoms with Crippen LogP contribution in [0.2, 0.25) is 0 Å². The number of nitrogens with one attached hydrogen (secondary N) is 1. The number of benzene rings is 6. The Kier molecular flexibility index (Phi) is 6.88. The number of esters is 1. The molecular formula is C37H25N3O4. The monoisotopic (exact) mass is 575 g/mol. The lowest BCUT2D eigenvalue weighted by Gasteiger charge is -2.14. The predicted molar refractivity (Wildman–Crippen MR) is 174 cm³/mol. The summed E-state index contributed by atoms with van der Waals surface area (Å²) >= 11 is 0. The first kappa shape index (κ1) is 26.8. The molecule has 0 spiro atoms. The molecule has 1 heterocycles. The molecule has 1 N–H and O–H groups in total. The maximum absolute atomic E-state index is 13.4. The summed E-state index contributed by atoms with van der Waals surface area (Å²) in [5.41, 5.74) is 4.86. The number of amides is 1. The standard InChI is InChI=1S/C37H25N3O4/c41-35(23-40-32-18-7-5-15-29(32)36(42)30-16-6-8-19-33(30)40)39-38-22-31-27-14-4-2-11-25(27)20-21-34(31)44-37(43)28-17-9-12-24-10-1-3-13-26(24)28/h1-22H,23H2,(H,39,41)/b38-22-. The van der Waals surface area contributed by atoms with Crippen LogP contribution in [-0.4, -0.2) is 22.7 Å². The molecule has 0 aliphatic carbocycles. The molecule has 7 rings (SSSR count). The molecule has 0 unspecified atom stereocenters. The smallest absolute Gasteiger partial charge is 0.344 e. The van der Waals surface area contributed by atoms with Gasteiger partial charge < -0.3 is 9.30 Å². The van der Waals surface area contributed by atoms with E-state index in [0.717, 1.165) is 21.5 Å². The number of para-hydroxylation sites is 2. The number of hydrazone groups is 1. The van der Waals surface area contributed by atoms with Crippen molar-refractivity contribution in [1.82, 2.24) is 9.99 Å². The van der Waals surface area contributed by atoms with Crippen molar-refractivity contribution < 1.29 is 14.3 Å². The number of carbonyl (C=O) groups is 2. The van der Waals surface area contributed by atoms with Crippen LogP contribution in [0.25, 0.3) is 43.4 Å². The van der Waals surface area contributed by atoms with E-state index in [-0.39, 0.29) is 17.9 Å². The molecule has 7 aromatic rings. The Morgan fingerprint density at radius 2 is 1.23 bits per heavy atom. The number of carbonyl (C=O) groups excluding carboxylic acids is 2.